The molecular weight excluding hydrogens is 140 g/mol. The molecule has 1 heterocycles. The van der Waals surface area contributed by atoms with E-state index < -0.39 is 0 Å². The minimum absolute atomic E-state index is 0.189. The van der Waals surface area contributed by atoms with Crippen LogP contribution in [0.2, 0.25) is 0 Å². The van der Waals surface area contributed by atoms with E-state index in [1.54, 1.807) is 0 Å². The average molecular weight is 154 g/mol. The van der Waals surface area contributed by atoms with Gasteiger partial charge in [-0.15, -0.1) is 0 Å². The van der Waals surface area contributed by atoms with Gasteiger partial charge >= 0.3 is 0 Å². The minimum atomic E-state index is 0.189. The third-order valence-corrected chi connectivity index (χ3v) is 2.76. The van der Waals surface area contributed by atoms with Crippen molar-refractivity contribution in [3.63, 3.8) is 0 Å². The van der Waals surface area contributed by atoms with Gasteiger partial charge in [0.2, 0.25) is 0 Å². The Morgan fingerprint density at radius 3 is 2.73 bits per heavy atom. The molecule has 0 bridgehead atoms. The van der Waals surface area contributed by atoms with Crippen molar-refractivity contribution in [3.05, 3.63) is 0 Å². The van der Waals surface area contributed by atoms with Crippen LogP contribution in [0.25, 0.3) is 0 Å². The molecule has 2 heteroatoms. The van der Waals surface area contributed by atoms with Gasteiger partial charge in [-0.3, -0.25) is 4.79 Å². The normalized spacial score (nSPS) is 40.8. The van der Waals surface area contributed by atoms with Gasteiger partial charge in [-0.25, -0.2) is 0 Å². The van der Waals surface area contributed by atoms with Crippen LogP contribution in [0.15, 0.2) is 0 Å². The monoisotopic (exact) mass is 154 g/mol. The van der Waals surface area contributed by atoms with Crippen LogP contribution in [0.4, 0.5) is 0 Å². The summed E-state index contributed by atoms with van der Waals surface area (Å²) in [4.78, 5) is 11.4. The lowest BCUT2D eigenvalue weighted by molar-refractivity contribution is -0.124. The van der Waals surface area contributed by atoms with E-state index in [0.29, 0.717) is 17.8 Å². The molecule has 0 aromatic carbocycles. The Kier molecular flexibility index (Phi) is 1.53. The zero-order chi connectivity index (χ0) is 8.01. The van der Waals surface area contributed by atoms with Crippen LogP contribution < -0.4 is 0 Å². The molecule has 11 heavy (non-hydrogen) atoms. The van der Waals surface area contributed by atoms with Crippen molar-refractivity contribution in [1.29, 1.82) is 0 Å². The maximum absolute atomic E-state index is 11.4. The summed E-state index contributed by atoms with van der Waals surface area (Å²) < 4.78 is 5.39. The van der Waals surface area contributed by atoms with Crippen LogP contribution in [0.3, 0.4) is 0 Å². The standard InChI is InChI=1S/C9H14O2/c1-5(2)8(10)7-6-3-4-11-9(6)7/h5-7,9H,3-4H2,1-2H3. The Morgan fingerprint density at radius 1 is 1.55 bits per heavy atom. The van der Waals surface area contributed by atoms with Crippen molar-refractivity contribution in [2.24, 2.45) is 17.8 Å². The number of hydrogen-bond donors (Lipinski definition) is 0. The van der Waals surface area contributed by atoms with Gasteiger partial charge in [0.1, 0.15) is 5.78 Å². The SMILES string of the molecule is CC(C)C(=O)C1C2CCOC21. The van der Waals surface area contributed by atoms with Crippen LogP contribution in [0.5, 0.6) is 0 Å². The second-order valence-corrected chi connectivity index (χ2v) is 3.87. The van der Waals surface area contributed by atoms with Gasteiger partial charge in [0.05, 0.1) is 6.10 Å². The molecule has 2 fully saturated rings. The van der Waals surface area contributed by atoms with Crippen molar-refractivity contribution in [2.75, 3.05) is 6.61 Å². The smallest absolute Gasteiger partial charge is 0.141 e. The van der Waals surface area contributed by atoms with E-state index in [-0.39, 0.29) is 11.8 Å². The molecule has 2 nitrogen and oxygen atoms in total. The lowest BCUT2D eigenvalue weighted by atomic mass is 10.0. The molecule has 2 rings (SSSR count). The fourth-order valence-corrected chi connectivity index (χ4v) is 2.01. The van der Waals surface area contributed by atoms with Gasteiger partial charge < -0.3 is 4.74 Å². The van der Waals surface area contributed by atoms with Crippen molar-refractivity contribution in [2.45, 2.75) is 26.4 Å². The first-order valence-electron chi connectivity index (χ1n) is 4.37. The number of ketones is 1. The second-order valence-electron chi connectivity index (χ2n) is 3.87. The van der Waals surface area contributed by atoms with Gasteiger partial charge in [0.15, 0.2) is 0 Å². The summed E-state index contributed by atoms with van der Waals surface area (Å²) in [5.41, 5.74) is 0. The first kappa shape index (κ1) is 7.29. The highest BCUT2D eigenvalue weighted by atomic mass is 16.5. The molecule has 1 aliphatic carbocycles. The summed E-state index contributed by atoms with van der Waals surface area (Å²) in [6, 6.07) is 0. The molecule has 0 radical (unpaired) electrons. The number of rotatable bonds is 2. The molecule has 0 spiro atoms. The Labute approximate surface area is 66.9 Å². The number of fused-ring (bicyclic) bond motifs is 1. The topological polar surface area (TPSA) is 26.3 Å². The highest BCUT2D eigenvalue weighted by Crippen LogP contribution is 2.50. The van der Waals surface area contributed by atoms with E-state index in [4.69, 9.17) is 4.74 Å². The molecule has 3 unspecified atom stereocenters. The highest BCUT2D eigenvalue weighted by molar-refractivity contribution is 5.86. The molecule has 0 aromatic rings. The van der Waals surface area contributed by atoms with E-state index in [9.17, 15) is 4.79 Å². The van der Waals surface area contributed by atoms with Gasteiger partial charge in [0.25, 0.3) is 0 Å². The van der Waals surface area contributed by atoms with E-state index >= 15 is 0 Å². The van der Waals surface area contributed by atoms with Crippen LogP contribution in [-0.2, 0) is 9.53 Å². The molecule has 1 saturated heterocycles. The van der Waals surface area contributed by atoms with E-state index in [0.717, 1.165) is 13.0 Å². The maximum Gasteiger partial charge on any atom is 0.141 e. The van der Waals surface area contributed by atoms with Crippen molar-refractivity contribution >= 4 is 5.78 Å². The Morgan fingerprint density at radius 2 is 2.27 bits per heavy atom. The Bertz CT molecular complexity index is 176. The second kappa shape index (κ2) is 2.31. The minimum Gasteiger partial charge on any atom is -0.377 e. The number of ether oxygens (including phenoxy) is 1. The molecule has 62 valence electrons. The van der Waals surface area contributed by atoms with Crippen LogP contribution in [0.1, 0.15) is 20.3 Å². The van der Waals surface area contributed by atoms with Gasteiger partial charge in [-0.1, -0.05) is 13.8 Å². The highest BCUT2D eigenvalue weighted by Gasteiger charge is 2.58. The molecule has 0 amide bonds. The number of Topliss-reactive ketones (excluding diaryl/α,β-unsaturated/α-hetero) is 1. The molecule has 3 atom stereocenters. The third-order valence-electron chi connectivity index (χ3n) is 2.76. The van der Waals surface area contributed by atoms with Gasteiger partial charge in [-0.2, -0.15) is 0 Å². The molecule has 0 N–H and O–H groups in total. The van der Waals surface area contributed by atoms with Crippen molar-refractivity contribution < 1.29 is 9.53 Å². The van der Waals surface area contributed by atoms with Crippen LogP contribution in [0, 0.1) is 17.8 Å². The Hall–Kier alpha value is -0.370. The summed E-state index contributed by atoms with van der Waals surface area (Å²) in [6.45, 7) is 4.81. The number of carbonyl (C=O) groups is 1. The lowest BCUT2D eigenvalue weighted by Crippen LogP contribution is -2.14. The summed E-state index contributed by atoms with van der Waals surface area (Å²) in [6.07, 6.45) is 1.42. The third kappa shape index (κ3) is 1.00. The first-order valence-corrected chi connectivity index (χ1v) is 4.37. The maximum atomic E-state index is 11.4. The van der Waals surface area contributed by atoms with E-state index in [1.807, 2.05) is 13.8 Å². The summed E-state index contributed by atoms with van der Waals surface area (Å²) in [5, 5.41) is 0. The van der Waals surface area contributed by atoms with Crippen LogP contribution >= 0.6 is 0 Å². The average Bonchev–Trinajstić information content (AvgIpc) is 2.41. The Balaban J connectivity index is 1.95. The summed E-state index contributed by atoms with van der Waals surface area (Å²) in [7, 11) is 0. The van der Waals surface area contributed by atoms with Gasteiger partial charge in [-0.05, 0) is 6.42 Å². The zero-order valence-corrected chi connectivity index (χ0v) is 7.04. The fraction of sp³-hybridized carbons (Fsp3) is 0.889. The fourth-order valence-electron chi connectivity index (χ4n) is 2.01. The van der Waals surface area contributed by atoms with Crippen molar-refractivity contribution in [3.8, 4) is 0 Å². The van der Waals surface area contributed by atoms with Gasteiger partial charge in [0, 0.05) is 24.4 Å². The molecule has 1 saturated carbocycles. The predicted octanol–water partition coefficient (Wildman–Crippen LogP) is 1.25. The van der Waals surface area contributed by atoms with E-state index in [1.165, 1.54) is 0 Å². The summed E-state index contributed by atoms with van der Waals surface area (Å²) >= 11 is 0. The van der Waals surface area contributed by atoms with E-state index in [2.05, 4.69) is 0 Å². The zero-order valence-electron chi connectivity index (χ0n) is 7.04. The number of hydrogen-bond acceptors (Lipinski definition) is 2. The van der Waals surface area contributed by atoms with Crippen LogP contribution in [-0.4, -0.2) is 18.5 Å². The largest absolute Gasteiger partial charge is 0.377 e. The molecule has 1 aliphatic heterocycles. The first-order chi connectivity index (χ1) is 5.22. The quantitative estimate of drug-likeness (QED) is 0.598. The van der Waals surface area contributed by atoms with Crippen molar-refractivity contribution in [1.82, 2.24) is 0 Å². The lowest BCUT2D eigenvalue weighted by Gasteiger charge is -2.04. The molecule has 2 aliphatic rings. The molecular formula is C9H14O2. The number of carbonyl (C=O) groups excluding carboxylic acids is 1. The predicted molar refractivity (Wildman–Crippen MR) is 41.2 cm³/mol. The molecule has 0 aromatic heterocycles. The summed E-state index contributed by atoms with van der Waals surface area (Å²) in [5.74, 6) is 1.45.